The Kier molecular flexibility index (Phi) is 4.01. The first-order chi connectivity index (χ1) is 6.83. The van der Waals surface area contributed by atoms with Crippen LogP contribution in [0.2, 0.25) is 0 Å². The molecule has 0 heterocycles. The molecule has 0 unspecified atom stereocenters. The van der Waals surface area contributed by atoms with Gasteiger partial charge in [-0.1, -0.05) is 12.1 Å². The number of aliphatic hydroxyl groups is 1. The summed E-state index contributed by atoms with van der Waals surface area (Å²) < 4.78 is 10.3. The van der Waals surface area contributed by atoms with E-state index < -0.39 is 0 Å². The van der Waals surface area contributed by atoms with E-state index in [1.807, 2.05) is 18.2 Å². The van der Waals surface area contributed by atoms with Crippen molar-refractivity contribution in [3.63, 3.8) is 0 Å². The summed E-state index contributed by atoms with van der Waals surface area (Å²) in [4.78, 5) is 0. The zero-order chi connectivity index (χ0) is 10.4. The van der Waals surface area contributed by atoms with Crippen molar-refractivity contribution < 1.29 is 14.6 Å². The van der Waals surface area contributed by atoms with Crippen LogP contribution in [0.4, 0.5) is 0 Å². The normalized spacial score (nSPS) is 10.5. The van der Waals surface area contributed by atoms with Crippen LogP contribution in [0.5, 0.6) is 11.5 Å². The molecule has 3 heteroatoms. The summed E-state index contributed by atoms with van der Waals surface area (Å²) in [5, 5.41) is 8.69. The summed E-state index contributed by atoms with van der Waals surface area (Å²) in [6.07, 6.45) is 3.41. The van der Waals surface area contributed by atoms with Gasteiger partial charge in [-0.05, 0) is 18.2 Å². The lowest BCUT2D eigenvalue weighted by atomic mass is 10.1. The van der Waals surface area contributed by atoms with Crippen LogP contribution in [0.15, 0.2) is 24.3 Å². The third-order valence-corrected chi connectivity index (χ3v) is 1.86. The Morgan fingerprint density at radius 1 is 1.21 bits per heavy atom. The molecule has 76 valence electrons. The van der Waals surface area contributed by atoms with Gasteiger partial charge in [0.2, 0.25) is 0 Å². The van der Waals surface area contributed by atoms with E-state index >= 15 is 0 Å². The highest BCUT2D eigenvalue weighted by molar-refractivity contribution is 5.64. The van der Waals surface area contributed by atoms with Crippen molar-refractivity contribution in [3.05, 3.63) is 29.8 Å². The number of rotatable bonds is 4. The van der Waals surface area contributed by atoms with Gasteiger partial charge >= 0.3 is 0 Å². The molecule has 0 saturated carbocycles. The molecule has 1 aromatic rings. The van der Waals surface area contributed by atoms with Crippen LogP contribution in [0, 0.1) is 0 Å². The molecule has 1 aromatic carbocycles. The monoisotopic (exact) mass is 194 g/mol. The summed E-state index contributed by atoms with van der Waals surface area (Å²) in [7, 11) is 3.20. The minimum Gasteiger partial charge on any atom is -0.496 e. The maximum absolute atomic E-state index is 8.69. The SMILES string of the molecule is COc1cccc(OC)c1/C=C/CO. The van der Waals surface area contributed by atoms with Crippen LogP contribution in [-0.2, 0) is 0 Å². The zero-order valence-electron chi connectivity index (χ0n) is 8.36. The van der Waals surface area contributed by atoms with E-state index in [4.69, 9.17) is 14.6 Å². The molecule has 0 aliphatic carbocycles. The maximum Gasteiger partial charge on any atom is 0.129 e. The third-order valence-electron chi connectivity index (χ3n) is 1.86. The predicted octanol–water partition coefficient (Wildman–Crippen LogP) is 1.71. The van der Waals surface area contributed by atoms with E-state index in [2.05, 4.69) is 0 Å². The molecule has 0 radical (unpaired) electrons. The number of hydrogen-bond donors (Lipinski definition) is 1. The second kappa shape index (κ2) is 5.29. The summed E-state index contributed by atoms with van der Waals surface area (Å²) in [5.41, 5.74) is 0.839. The van der Waals surface area contributed by atoms with Gasteiger partial charge in [0.25, 0.3) is 0 Å². The van der Waals surface area contributed by atoms with Gasteiger partial charge in [-0.2, -0.15) is 0 Å². The molecule has 0 saturated heterocycles. The molecule has 0 aliphatic rings. The molecule has 0 atom stereocenters. The van der Waals surface area contributed by atoms with Crippen molar-refractivity contribution in [2.75, 3.05) is 20.8 Å². The number of ether oxygens (including phenoxy) is 2. The number of aliphatic hydroxyl groups excluding tert-OH is 1. The fourth-order valence-corrected chi connectivity index (χ4v) is 1.21. The van der Waals surface area contributed by atoms with Crippen molar-refractivity contribution in [1.82, 2.24) is 0 Å². The van der Waals surface area contributed by atoms with Crippen molar-refractivity contribution >= 4 is 6.08 Å². The summed E-state index contributed by atoms with van der Waals surface area (Å²) >= 11 is 0. The van der Waals surface area contributed by atoms with Crippen LogP contribution in [0.3, 0.4) is 0 Å². The van der Waals surface area contributed by atoms with Gasteiger partial charge in [-0.25, -0.2) is 0 Å². The molecule has 0 aromatic heterocycles. The smallest absolute Gasteiger partial charge is 0.129 e. The van der Waals surface area contributed by atoms with E-state index in [9.17, 15) is 0 Å². The van der Waals surface area contributed by atoms with Gasteiger partial charge in [0, 0.05) is 0 Å². The molecule has 0 bridgehead atoms. The molecule has 3 nitrogen and oxygen atoms in total. The highest BCUT2D eigenvalue weighted by Crippen LogP contribution is 2.29. The Morgan fingerprint density at radius 3 is 2.21 bits per heavy atom. The van der Waals surface area contributed by atoms with E-state index in [0.717, 1.165) is 17.1 Å². The molecular formula is C11H14O3. The van der Waals surface area contributed by atoms with Gasteiger partial charge in [-0.3, -0.25) is 0 Å². The van der Waals surface area contributed by atoms with Gasteiger partial charge in [0.05, 0.1) is 26.4 Å². The van der Waals surface area contributed by atoms with Crippen LogP contribution >= 0.6 is 0 Å². The third kappa shape index (κ3) is 2.26. The van der Waals surface area contributed by atoms with Gasteiger partial charge < -0.3 is 14.6 Å². The molecule has 0 spiro atoms. The van der Waals surface area contributed by atoms with Crippen LogP contribution in [0.25, 0.3) is 6.08 Å². The van der Waals surface area contributed by atoms with Crippen molar-refractivity contribution in [2.24, 2.45) is 0 Å². The Labute approximate surface area is 83.6 Å². The lowest BCUT2D eigenvalue weighted by Crippen LogP contribution is -1.92. The van der Waals surface area contributed by atoms with Gasteiger partial charge in [0.15, 0.2) is 0 Å². The minimum atomic E-state index is 0.00119. The average molecular weight is 194 g/mol. The fraction of sp³-hybridized carbons (Fsp3) is 0.273. The second-order valence-corrected chi connectivity index (χ2v) is 2.66. The Balaban J connectivity index is 3.12. The molecule has 1 N–H and O–H groups in total. The van der Waals surface area contributed by atoms with Crippen molar-refractivity contribution in [3.8, 4) is 11.5 Å². The largest absolute Gasteiger partial charge is 0.496 e. The average Bonchev–Trinajstić information content (AvgIpc) is 2.25. The minimum absolute atomic E-state index is 0.00119. The molecule has 0 amide bonds. The highest BCUT2D eigenvalue weighted by atomic mass is 16.5. The molecule has 0 aliphatic heterocycles. The molecule has 1 rings (SSSR count). The van der Waals surface area contributed by atoms with Crippen LogP contribution < -0.4 is 9.47 Å². The summed E-state index contributed by atoms with van der Waals surface area (Å²) in [6.45, 7) is 0.00119. The Hall–Kier alpha value is -1.48. The van der Waals surface area contributed by atoms with Gasteiger partial charge in [0.1, 0.15) is 11.5 Å². The second-order valence-electron chi connectivity index (χ2n) is 2.66. The molecule has 0 fully saturated rings. The first-order valence-electron chi connectivity index (χ1n) is 4.32. The lowest BCUT2D eigenvalue weighted by molar-refractivity contribution is 0.343. The van der Waals surface area contributed by atoms with Crippen molar-refractivity contribution in [1.29, 1.82) is 0 Å². The number of hydrogen-bond acceptors (Lipinski definition) is 3. The molecule has 14 heavy (non-hydrogen) atoms. The van der Waals surface area contributed by atoms with E-state index in [1.54, 1.807) is 26.4 Å². The number of methoxy groups -OCH3 is 2. The van der Waals surface area contributed by atoms with E-state index in [1.165, 1.54) is 0 Å². The number of benzene rings is 1. The summed E-state index contributed by atoms with van der Waals surface area (Å²) in [5.74, 6) is 1.46. The standard InChI is InChI=1S/C11H14O3/c1-13-10-6-3-7-11(14-2)9(10)5-4-8-12/h3-7,12H,8H2,1-2H3/b5-4+. The quantitative estimate of drug-likeness (QED) is 0.793. The van der Waals surface area contributed by atoms with Crippen molar-refractivity contribution in [2.45, 2.75) is 0 Å². The Bertz CT molecular complexity index is 296. The topological polar surface area (TPSA) is 38.7 Å². The Morgan fingerprint density at radius 2 is 1.79 bits per heavy atom. The first-order valence-corrected chi connectivity index (χ1v) is 4.32. The van der Waals surface area contributed by atoms with Crippen LogP contribution in [0.1, 0.15) is 5.56 Å². The predicted molar refractivity (Wildman–Crippen MR) is 55.7 cm³/mol. The van der Waals surface area contributed by atoms with E-state index in [0.29, 0.717) is 0 Å². The lowest BCUT2D eigenvalue weighted by Gasteiger charge is -2.09. The summed E-state index contributed by atoms with van der Waals surface area (Å²) in [6, 6.07) is 5.55. The van der Waals surface area contributed by atoms with E-state index in [-0.39, 0.29) is 6.61 Å². The van der Waals surface area contributed by atoms with Crippen LogP contribution in [-0.4, -0.2) is 25.9 Å². The highest BCUT2D eigenvalue weighted by Gasteiger charge is 2.05. The van der Waals surface area contributed by atoms with Gasteiger partial charge in [-0.15, -0.1) is 0 Å². The fourth-order valence-electron chi connectivity index (χ4n) is 1.21. The molecular weight excluding hydrogens is 180 g/mol. The zero-order valence-corrected chi connectivity index (χ0v) is 8.36. The first kappa shape index (κ1) is 10.6. The maximum atomic E-state index is 8.69.